The zero-order valence-electron chi connectivity index (χ0n) is 7.86. The lowest BCUT2D eigenvalue weighted by atomic mass is 10.3. The maximum Gasteiger partial charge on any atom is 0.457 e. The number of likely N-dealkylation sites (tertiary alicyclic amines) is 1. The summed E-state index contributed by atoms with van der Waals surface area (Å²) in [6.45, 7) is 5.24. The van der Waals surface area contributed by atoms with Crippen LogP contribution in [0.25, 0.3) is 0 Å². The molecule has 0 aromatic rings. The number of hydrogen-bond donors (Lipinski definition) is 1. The summed E-state index contributed by atoms with van der Waals surface area (Å²) in [5, 5.41) is 1.66. The van der Waals surface area contributed by atoms with E-state index in [1.54, 1.807) is 5.32 Å². The molecule has 1 saturated heterocycles. The topological polar surface area (TPSA) is 15.3 Å². The van der Waals surface area contributed by atoms with Crippen molar-refractivity contribution >= 4 is 0 Å². The summed E-state index contributed by atoms with van der Waals surface area (Å²) in [5.74, 6) is 0. The number of halogens is 3. The van der Waals surface area contributed by atoms with Crippen molar-refractivity contribution in [2.75, 3.05) is 13.1 Å². The molecule has 0 aromatic carbocycles. The Morgan fingerprint density at radius 2 is 2.00 bits per heavy atom. The van der Waals surface area contributed by atoms with E-state index in [4.69, 9.17) is 0 Å². The summed E-state index contributed by atoms with van der Waals surface area (Å²) in [6.07, 6.45) is -3.66. The van der Waals surface area contributed by atoms with Crippen molar-refractivity contribution in [3.05, 3.63) is 0 Å². The van der Waals surface area contributed by atoms with Crippen molar-refractivity contribution < 1.29 is 13.2 Å². The van der Waals surface area contributed by atoms with Crippen LogP contribution in [0.15, 0.2) is 0 Å². The number of rotatable bonds is 2. The van der Waals surface area contributed by atoms with Gasteiger partial charge in [0.1, 0.15) is 0 Å². The van der Waals surface area contributed by atoms with Crippen LogP contribution in [0.4, 0.5) is 13.2 Å². The van der Waals surface area contributed by atoms with E-state index in [2.05, 4.69) is 0 Å². The van der Waals surface area contributed by atoms with Gasteiger partial charge in [-0.1, -0.05) is 0 Å². The molecule has 1 fully saturated rings. The van der Waals surface area contributed by atoms with Gasteiger partial charge in [0.15, 0.2) is 0 Å². The zero-order valence-corrected chi connectivity index (χ0v) is 7.86. The predicted molar refractivity (Wildman–Crippen MR) is 44.3 cm³/mol. The van der Waals surface area contributed by atoms with Crippen molar-refractivity contribution in [1.29, 1.82) is 0 Å². The van der Waals surface area contributed by atoms with E-state index < -0.39 is 12.3 Å². The van der Waals surface area contributed by atoms with Gasteiger partial charge in [0.2, 0.25) is 0 Å². The Morgan fingerprint density at radius 1 is 1.38 bits per heavy atom. The van der Waals surface area contributed by atoms with Gasteiger partial charge in [-0.15, -0.1) is 0 Å². The molecule has 0 bridgehead atoms. The molecular weight excluding hydrogens is 181 g/mol. The van der Waals surface area contributed by atoms with Gasteiger partial charge in [0.05, 0.1) is 0 Å². The number of hydrogen-bond acceptors (Lipinski definition) is 2. The lowest BCUT2D eigenvalue weighted by molar-refractivity contribution is -0.163. The van der Waals surface area contributed by atoms with E-state index in [0.717, 1.165) is 6.54 Å². The molecular formula is C8H15F3N2. The molecule has 1 N–H and O–H groups in total. The first kappa shape index (κ1) is 10.8. The Bertz CT molecular complexity index is 167. The summed E-state index contributed by atoms with van der Waals surface area (Å²) >= 11 is 0. The van der Waals surface area contributed by atoms with E-state index in [1.165, 1.54) is 0 Å². The summed E-state index contributed by atoms with van der Waals surface area (Å²) in [7, 11) is 0. The van der Waals surface area contributed by atoms with Crippen molar-refractivity contribution in [3.8, 4) is 0 Å². The highest BCUT2D eigenvalue weighted by Gasteiger charge is 2.34. The van der Waals surface area contributed by atoms with Crippen LogP contribution in [0.5, 0.6) is 0 Å². The maximum absolute atomic E-state index is 11.9. The quantitative estimate of drug-likeness (QED) is 0.674. The summed E-state index contributed by atoms with van der Waals surface area (Å²) in [4.78, 5) is 2.05. The second-order valence-electron chi connectivity index (χ2n) is 3.72. The van der Waals surface area contributed by atoms with Crippen molar-refractivity contribution in [1.82, 2.24) is 10.2 Å². The molecule has 1 aliphatic heterocycles. The lowest BCUT2D eigenvalue weighted by Gasteiger charge is -2.21. The van der Waals surface area contributed by atoms with Gasteiger partial charge in [-0.05, 0) is 20.3 Å². The highest BCUT2D eigenvalue weighted by atomic mass is 19.4. The molecule has 0 aliphatic carbocycles. The molecule has 0 aromatic heterocycles. The van der Waals surface area contributed by atoms with Crippen LogP contribution in [0.2, 0.25) is 0 Å². The van der Waals surface area contributed by atoms with E-state index in [0.29, 0.717) is 19.0 Å². The maximum atomic E-state index is 11.9. The van der Waals surface area contributed by atoms with E-state index >= 15 is 0 Å². The van der Waals surface area contributed by atoms with Crippen LogP contribution in [0.3, 0.4) is 0 Å². The fraction of sp³-hybridized carbons (Fsp3) is 1.00. The van der Waals surface area contributed by atoms with Crippen molar-refractivity contribution in [2.45, 2.75) is 38.7 Å². The Balaban J connectivity index is 2.33. The SMILES string of the molecule is CC(C)N1CCC(NC(F)(F)F)C1. The number of nitrogens with one attached hydrogen (secondary N) is 1. The average Bonchev–Trinajstić information content (AvgIpc) is 2.31. The molecule has 5 heteroatoms. The fourth-order valence-electron chi connectivity index (χ4n) is 1.61. The van der Waals surface area contributed by atoms with E-state index in [9.17, 15) is 13.2 Å². The molecule has 13 heavy (non-hydrogen) atoms. The summed E-state index contributed by atoms with van der Waals surface area (Å²) < 4.78 is 35.7. The van der Waals surface area contributed by atoms with Gasteiger partial charge >= 0.3 is 6.30 Å². The first-order chi connectivity index (χ1) is 5.88. The first-order valence-corrected chi connectivity index (χ1v) is 4.47. The Morgan fingerprint density at radius 3 is 2.38 bits per heavy atom. The fourth-order valence-corrected chi connectivity index (χ4v) is 1.61. The summed E-state index contributed by atoms with van der Waals surface area (Å²) in [5.41, 5.74) is 0. The molecule has 1 atom stereocenters. The highest BCUT2D eigenvalue weighted by molar-refractivity contribution is 4.83. The minimum Gasteiger partial charge on any atom is -0.299 e. The standard InChI is InChI=1S/C8H15F3N2/c1-6(2)13-4-3-7(5-13)12-8(9,10)11/h6-7,12H,3-5H2,1-2H3. The molecule has 1 heterocycles. The predicted octanol–water partition coefficient (Wildman–Crippen LogP) is 1.58. The Labute approximate surface area is 76.1 Å². The third-order valence-electron chi connectivity index (χ3n) is 2.32. The molecule has 0 radical (unpaired) electrons. The smallest absolute Gasteiger partial charge is 0.299 e. The molecule has 0 spiro atoms. The molecule has 2 nitrogen and oxygen atoms in total. The van der Waals surface area contributed by atoms with Crippen LogP contribution in [-0.2, 0) is 0 Å². The van der Waals surface area contributed by atoms with Gasteiger partial charge in [-0.3, -0.25) is 4.90 Å². The van der Waals surface area contributed by atoms with Crippen LogP contribution < -0.4 is 5.32 Å². The van der Waals surface area contributed by atoms with Gasteiger partial charge in [-0.25, -0.2) is 5.32 Å². The monoisotopic (exact) mass is 196 g/mol. The van der Waals surface area contributed by atoms with Crippen molar-refractivity contribution in [2.24, 2.45) is 0 Å². The van der Waals surface area contributed by atoms with Gasteiger partial charge in [-0.2, -0.15) is 13.2 Å². The van der Waals surface area contributed by atoms with Gasteiger partial charge in [0, 0.05) is 25.2 Å². The van der Waals surface area contributed by atoms with Crippen LogP contribution in [-0.4, -0.2) is 36.4 Å². The lowest BCUT2D eigenvalue weighted by Crippen LogP contribution is -2.42. The third-order valence-corrected chi connectivity index (χ3v) is 2.32. The minimum atomic E-state index is -4.24. The normalized spacial score (nSPS) is 25.8. The number of alkyl halides is 3. The number of nitrogens with zero attached hydrogens (tertiary/aromatic N) is 1. The molecule has 0 amide bonds. The first-order valence-electron chi connectivity index (χ1n) is 4.47. The summed E-state index contributed by atoms with van der Waals surface area (Å²) in [6, 6.07) is -0.0950. The van der Waals surface area contributed by atoms with Crippen molar-refractivity contribution in [3.63, 3.8) is 0 Å². The molecule has 0 saturated carbocycles. The highest BCUT2D eigenvalue weighted by Crippen LogP contribution is 2.18. The van der Waals surface area contributed by atoms with Gasteiger partial charge < -0.3 is 0 Å². The second kappa shape index (κ2) is 3.84. The van der Waals surface area contributed by atoms with Gasteiger partial charge in [0.25, 0.3) is 0 Å². The second-order valence-corrected chi connectivity index (χ2v) is 3.72. The molecule has 1 unspecified atom stereocenters. The third kappa shape index (κ3) is 3.52. The Hall–Kier alpha value is -0.290. The van der Waals surface area contributed by atoms with Crippen LogP contribution in [0.1, 0.15) is 20.3 Å². The average molecular weight is 196 g/mol. The van der Waals surface area contributed by atoms with Crippen LogP contribution in [0, 0.1) is 0 Å². The largest absolute Gasteiger partial charge is 0.457 e. The molecule has 1 aliphatic rings. The van der Waals surface area contributed by atoms with Crippen LogP contribution >= 0.6 is 0 Å². The minimum absolute atomic E-state index is 0.333. The molecule has 78 valence electrons. The Kier molecular flexibility index (Phi) is 3.18. The zero-order chi connectivity index (χ0) is 10.1. The van der Waals surface area contributed by atoms with E-state index in [1.807, 2.05) is 18.7 Å². The van der Waals surface area contributed by atoms with E-state index in [-0.39, 0.29) is 0 Å². The molecule has 1 rings (SSSR count).